The summed E-state index contributed by atoms with van der Waals surface area (Å²) >= 11 is 1.55. The molecule has 0 aliphatic rings. The molecule has 0 radical (unpaired) electrons. The smallest absolute Gasteiger partial charge is 0.250 e. The van der Waals surface area contributed by atoms with E-state index in [4.69, 9.17) is 5.73 Å². The summed E-state index contributed by atoms with van der Waals surface area (Å²) in [7, 11) is 0. The molecule has 15 heavy (non-hydrogen) atoms. The number of nitrogens with two attached hydrogens (primary N) is 1. The Kier molecular flexibility index (Phi) is 2.64. The normalized spacial score (nSPS) is 11.6. The molecule has 0 saturated carbocycles. The van der Waals surface area contributed by atoms with Gasteiger partial charge in [-0.2, -0.15) is 5.10 Å². The van der Waals surface area contributed by atoms with Crippen molar-refractivity contribution in [2.75, 3.05) is 0 Å². The first kappa shape index (κ1) is 9.67. The molecule has 0 spiro atoms. The molecule has 2 heterocycles. The predicted molar refractivity (Wildman–Crippen MR) is 60.0 cm³/mol. The third-order valence-electron chi connectivity index (χ3n) is 1.89. The lowest BCUT2D eigenvalue weighted by Crippen LogP contribution is -2.13. The van der Waals surface area contributed by atoms with E-state index in [0.717, 1.165) is 4.88 Å². The summed E-state index contributed by atoms with van der Waals surface area (Å²) in [6.45, 7) is 0. The van der Waals surface area contributed by atoms with Crippen molar-refractivity contribution in [2.24, 2.45) is 5.73 Å². The van der Waals surface area contributed by atoms with Gasteiger partial charge in [0, 0.05) is 11.1 Å². The molecule has 3 N–H and O–H groups in total. The Balaban J connectivity index is 2.41. The highest BCUT2D eigenvalue weighted by molar-refractivity contribution is 7.10. The van der Waals surface area contributed by atoms with E-state index >= 15 is 0 Å². The maximum absolute atomic E-state index is 11.2. The summed E-state index contributed by atoms with van der Waals surface area (Å²) in [5.41, 5.74) is 6.37. The van der Waals surface area contributed by atoms with Crippen LogP contribution in [0.5, 0.6) is 0 Å². The van der Waals surface area contributed by atoms with E-state index in [1.807, 2.05) is 17.5 Å². The van der Waals surface area contributed by atoms with Crippen LogP contribution in [0.25, 0.3) is 11.6 Å². The predicted octanol–water partition coefficient (Wildman–Crippen LogP) is 1.50. The number of amides is 1. The fraction of sp³-hybridized carbons (Fsp3) is 0. The number of hydrogen-bond acceptors (Lipinski definition) is 3. The minimum Gasteiger partial charge on any atom is -0.366 e. The number of nitrogens with zero attached hydrogens (tertiary/aromatic N) is 1. The zero-order valence-electron chi connectivity index (χ0n) is 7.81. The maximum Gasteiger partial charge on any atom is 0.250 e. The van der Waals surface area contributed by atoms with Gasteiger partial charge in [-0.15, -0.1) is 11.3 Å². The molecule has 76 valence electrons. The quantitative estimate of drug-likeness (QED) is 0.768. The fourth-order valence-electron chi connectivity index (χ4n) is 1.20. The number of rotatable bonds is 3. The number of carbonyl (C=O) groups is 1. The second kappa shape index (κ2) is 4.10. The van der Waals surface area contributed by atoms with Crippen molar-refractivity contribution in [3.05, 3.63) is 40.3 Å². The molecule has 0 atom stereocenters. The summed E-state index contributed by atoms with van der Waals surface area (Å²) in [5, 5.41) is 8.44. The molecule has 5 heteroatoms. The van der Waals surface area contributed by atoms with E-state index in [1.54, 1.807) is 29.7 Å². The SMILES string of the molecule is NC(=O)C(=Cc1cccs1)c1ccn[nH]1. The van der Waals surface area contributed by atoms with Gasteiger partial charge in [0.25, 0.3) is 5.91 Å². The average Bonchev–Trinajstić information content (AvgIpc) is 2.87. The molecule has 0 saturated heterocycles. The Hall–Kier alpha value is -1.88. The molecule has 2 aromatic heterocycles. The van der Waals surface area contributed by atoms with E-state index in [0.29, 0.717) is 11.3 Å². The molecular formula is C10H9N3OS. The van der Waals surface area contributed by atoms with Crippen molar-refractivity contribution in [1.29, 1.82) is 0 Å². The van der Waals surface area contributed by atoms with Gasteiger partial charge in [0.2, 0.25) is 0 Å². The van der Waals surface area contributed by atoms with Crippen LogP contribution in [-0.4, -0.2) is 16.1 Å². The molecule has 1 amide bonds. The average molecular weight is 219 g/mol. The monoisotopic (exact) mass is 219 g/mol. The Bertz CT molecular complexity index is 471. The number of nitrogens with one attached hydrogen (secondary N) is 1. The van der Waals surface area contributed by atoms with Crippen LogP contribution in [0.4, 0.5) is 0 Å². The number of thiophene rings is 1. The van der Waals surface area contributed by atoms with Gasteiger partial charge in [0.15, 0.2) is 0 Å². The zero-order valence-corrected chi connectivity index (χ0v) is 8.62. The van der Waals surface area contributed by atoms with E-state index in [9.17, 15) is 4.79 Å². The zero-order chi connectivity index (χ0) is 10.7. The highest BCUT2D eigenvalue weighted by Crippen LogP contribution is 2.18. The number of aromatic amines is 1. The largest absolute Gasteiger partial charge is 0.366 e. The Morgan fingerprint density at radius 1 is 1.53 bits per heavy atom. The number of hydrogen-bond donors (Lipinski definition) is 2. The molecule has 0 unspecified atom stereocenters. The molecule has 0 aliphatic carbocycles. The first-order chi connectivity index (χ1) is 7.27. The third-order valence-corrected chi connectivity index (χ3v) is 2.71. The minimum absolute atomic E-state index is 0.440. The summed E-state index contributed by atoms with van der Waals surface area (Å²) in [6, 6.07) is 5.55. The highest BCUT2D eigenvalue weighted by atomic mass is 32.1. The molecule has 2 aromatic rings. The summed E-state index contributed by atoms with van der Waals surface area (Å²) in [4.78, 5) is 12.2. The third kappa shape index (κ3) is 2.13. The Labute approximate surface area is 90.4 Å². The van der Waals surface area contributed by atoms with Crippen LogP contribution in [0.1, 0.15) is 10.6 Å². The number of H-pyrrole nitrogens is 1. The van der Waals surface area contributed by atoms with Crippen LogP contribution in [0.15, 0.2) is 29.8 Å². The summed E-state index contributed by atoms with van der Waals surface area (Å²) < 4.78 is 0. The second-order valence-corrected chi connectivity index (χ2v) is 3.89. The number of primary amides is 1. The molecule has 0 aromatic carbocycles. The van der Waals surface area contributed by atoms with Crippen molar-refractivity contribution < 1.29 is 4.79 Å². The number of carbonyl (C=O) groups excluding carboxylic acids is 1. The van der Waals surface area contributed by atoms with Gasteiger partial charge in [-0.25, -0.2) is 0 Å². The maximum atomic E-state index is 11.2. The molecule has 2 rings (SSSR count). The van der Waals surface area contributed by atoms with Crippen LogP contribution < -0.4 is 5.73 Å². The first-order valence-corrected chi connectivity index (χ1v) is 5.20. The summed E-state index contributed by atoms with van der Waals surface area (Å²) in [6.07, 6.45) is 3.33. The van der Waals surface area contributed by atoms with Crippen LogP contribution in [0.3, 0.4) is 0 Å². The van der Waals surface area contributed by atoms with Gasteiger partial charge in [-0.1, -0.05) is 6.07 Å². The minimum atomic E-state index is -0.465. The van der Waals surface area contributed by atoms with Crippen LogP contribution in [0, 0.1) is 0 Å². The summed E-state index contributed by atoms with van der Waals surface area (Å²) in [5.74, 6) is -0.465. The van der Waals surface area contributed by atoms with Crippen LogP contribution >= 0.6 is 11.3 Å². The number of aromatic nitrogens is 2. The molecule has 0 aliphatic heterocycles. The lowest BCUT2D eigenvalue weighted by Gasteiger charge is -1.98. The van der Waals surface area contributed by atoms with E-state index < -0.39 is 5.91 Å². The topological polar surface area (TPSA) is 71.8 Å². The molecule has 0 bridgehead atoms. The van der Waals surface area contributed by atoms with Crippen molar-refractivity contribution in [1.82, 2.24) is 10.2 Å². The van der Waals surface area contributed by atoms with Gasteiger partial charge in [-0.3, -0.25) is 9.89 Å². The molecule has 0 fully saturated rings. The van der Waals surface area contributed by atoms with E-state index in [2.05, 4.69) is 10.2 Å². The van der Waals surface area contributed by atoms with Gasteiger partial charge in [-0.05, 0) is 23.6 Å². The Morgan fingerprint density at radius 3 is 2.93 bits per heavy atom. The van der Waals surface area contributed by atoms with Crippen molar-refractivity contribution >= 4 is 28.9 Å². The van der Waals surface area contributed by atoms with E-state index in [1.165, 1.54) is 0 Å². The standard InChI is InChI=1S/C10H9N3OS/c11-10(14)8(9-3-4-12-13-9)6-7-2-1-5-15-7/h1-6H,(H2,11,14)(H,12,13). The first-order valence-electron chi connectivity index (χ1n) is 4.32. The van der Waals surface area contributed by atoms with E-state index in [-0.39, 0.29) is 0 Å². The Morgan fingerprint density at radius 2 is 2.40 bits per heavy atom. The fourth-order valence-corrected chi connectivity index (χ4v) is 1.86. The van der Waals surface area contributed by atoms with Gasteiger partial charge in [0.05, 0.1) is 11.3 Å². The molecular weight excluding hydrogens is 210 g/mol. The lowest BCUT2D eigenvalue weighted by atomic mass is 10.1. The van der Waals surface area contributed by atoms with Crippen LogP contribution in [-0.2, 0) is 4.79 Å². The van der Waals surface area contributed by atoms with Gasteiger partial charge in [0.1, 0.15) is 0 Å². The lowest BCUT2D eigenvalue weighted by molar-refractivity contribution is -0.112. The van der Waals surface area contributed by atoms with Crippen molar-refractivity contribution in [3.63, 3.8) is 0 Å². The van der Waals surface area contributed by atoms with Crippen LogP contribution in [0.2, 0.25) is 0 Å². The highest BCUT2D eigenvalue weighted by Gasteiger charge is 2.09. The second-order valence-electron chi connectivity index (χ2n) is 2.91. The van der Waals surface area contributed by atoms with Crippen molar-refractivity contribution in [2.45, 2.75) is 0 Å². The van der Waals surface area contributed by atoms with Gasteiger partial charge >= 0.3 is 0 Å². The van der Waals surface area contributed by atoms with Crippen molar-refractivity contribution in [3.8, 4) is 0 Å². The molecule has 4 nitrogen and oxygen atoms in total. The van der Waals surface area contributed by atoms with Gasteiger partial charge < -0.3 is 5.73 Å².